The predicted molar refractivity (Wildman–Crippen MR) is 108 cm³/mol. The molecule has 1 aromatic heterocycles. The number of carbonyl (C=O) groups is 2. The molecule has 2 N–H and O–H groups in total. The van der Waals surface area contributed by atoms with Gasteiger partial charge in [-0.2, -0.15) is 0 Å². The first-order valence-corrected chi connectivity index (χ1v) is 9.69. The molecular formula is C21H21FN2O3S. The Morgan fingerprint density at radius 3 is 2.61 bits per heavy atom. The van der Waals surface area contributed by atoms with Crippen LogP contribution in [-0.2, 0) is 22.7 Å². The summed E-state index contributed by atoms with van der Waals surface area (Å²) >= 11 is 1.22. The van der Waals surface area contributed by atoms with E-state index in [1.54, 1.807) is 12.1 Å². The van der Waals surface area contributed by atoms with Crippen LogP contribution >= 0.6 is 11.3 Å². The van der Waals surface area contributed by atoms with Crippen LogP contribution < -0.4 is 10.6 Å². The smallest absolute Gasteiger partial charge is 0.261 e. The van der Waals surface area contributed by atoms with Gasteiger partial charge in [-0.1, -0.05) is 36.4 Å². The molecule has 0 radical (unpaired) electrons. The summed E-state index contributed by atoms with van der Waals surface area (Å²) in [5.41, 5.74) is 1.54. The second-order valence-electron chi connectivity index (χ2n) is 6.22. The van der Waals surface area contributed by atoms with Crippen molar-refractivity contribution in [3.05, 3.63) is 70.4 Å². The van der Waals surface area contributed by atoms with Crippen LogP contribution in [0.5, 0.6) is 0 Å². The Labute approximate surface area is 166 Å². The van der Waals surface area contributed by atoms with Gasteiger partial charge < -0.3 is 15.4 Å². The topological polar surface area (TPSA) is 67.4 Å². The van der Waals surface area contributed by atoms with Crippen molar-refractivity contribution in [3.63, 3.8) is 0 Å². The summed E-state index contributed by atoms with van der Waals surface area (Å²) in [4.78, 5) is 24.9. The molecule has 0 saturated carbocycles. The van der Waals surface area contributed by atoms with E-state index in [0.717, 1.165) is 5.56 Å². The number of ether oxygens (including phenoxy) is 1. The second kappa shape index (κ2) is 9.43. The number of halogens is 1. The maximum atomic E-state index is 14.2. The van der Waals surface area contributed by atoms with Crippen molar-refractivity contribution in [1.82, 2.24) is 10.6 Å². The molecule has 0 aliphatic carbocycles. The van der Waals surface area contributed by atoms with Crippen molar-refractivity contribution in [2.24, 2.45) is 0 Å². The van der Waals surface area contributed by atoms with E-state index in [-0.39, 0.29) is 37.2 Å². The fraction of sp³-hybridized carbons (Fsp3) is 0.238. The lowest BCUT2D eigenvalue weighted by Crippen LogP contribution is -2.30. The molecular weight excluding hydrogens is 379 g/mol. The number of carbonyl (C=O) groups excluding carboxylic acids is 2. The van der Waals surface area contributed by atoms with Gasteiger partial charge in [0.1, 0.15) is 5.82 Å². The minimum atomic E-state index is -0.375. The van der Waals surface area contributed by atoms with Crippen molar-refractivity contribution in [3.8, 4) is 0 Å². The second-order valence-corrected chi connectivity index (χ2v) is 7.28. The number of nitrogens with one attached hydrogen (secondary N) is 2. The standard InChI is InChI=1S/C21H21FN2O3S/c1-27-13-15-19-16(22)8-5-9-17(19)28-20(15)21(26)23-11-10-18(25)24-12-14-6-3-2-4-7-14/h2-9H,10-13H2,1H3,(H,23,26)(H,24,25). The molecule has 146 valence electrons. The highest BCUT2D eigenvalue weighted by molar-refractivity contribution is 7.21. The Hall–Kier alpha value is -2.77. The lowest BCUT2D eigenvalue weighted by molar-refractivity contribution is -0.121. The van der Waals surface area contributed by atoms with E-state index in [1.165, 1.54) is 24.5 Å². The first kappa shape index (κ1) is 20.0. The lowest BCUT2D eigenvalue weighted by Gasteiger charge is -2.07. The summed E-state index contributed by atoms with van der Waals surface area (Å²) in [6.45, 7) is 0.783. The average molecular weight is 400 g/mol. The van der Waals surface area contributed by atoms with E-state index < -0.39 is 0 Å². The molecule has 0 saturated heterocycles. The Balaban J connectivity index is 1.58. The first-order valence-electron chi connectivity index (χ1n) is 8.87. The number of hydrogen-bond acceptors (Lipinski definition) is 4. The SMILES string of the molecule is COCc1c(C(=O)NCCC(=O)NCc2ccccc2)sc2cccc(F)c12. The first-order chi connectivity index (χ1) is 13.6. The summed E-state index contributed by atoms with van der Waals surface area (Å²) in [7, 11) is 1.50. The van der Waals surface area contributed by atoms with Gasteiger partial charge in [-0.3, -0.25) is 9.59 Å². The molecule has 3 rings (SSSR count). The van der Waals surface area contributed by atoms with Gasteiger partial charge in [-0.05, 0) is 17.7 Å². The van der Waals surface area contributed by atoms with E-state index in [9.17, 15) is 14.0 Å². The molecule has 0 aliphatic heterocycles. The van der Waals surface area contributed by atoms with Crippen LogP contribution in [0.4, 0.5) is 4.39 Å². The highest BCUT2D eigenvalue weighted by atomic mass is 32.1. The number of thiophene rings is 1. The van der Waals surface area contributed by atoms with Crippen molar-refractivity contribution in [2.45, 2.75) is 19.6 Å². The summed E-state index contributed by atoms with van der Waals surface area (Å²) in [5, 5.41) is 5.97. The van der Waals surface area contributed by atoms with Crippen LogP contribution in [0, 0.1) is 5.82 Å². The molecule has 1 heterocycles. The molecule has 3 aromatic rings. The van der Waals surface area contributed by atoms with E-state index in [1.807, 2.05) is 30.3 Å². The Morgan fingerprint density at radius 2 is 1.86 bits per heavy atom. The summed E-state index contributed by atoms with van der Waals surface area (Å²) in [6.07, 6.45) is 0.164. The molecule has 28 heavy (non-hydrogen) atoms. The fourth-order valence-corrected chi connectivity index (χ4v) is 4.03. The van der Waals surface area contributed by atoms with Crippen LogP contribution in [0.3, 0.4) is 0 Å². The minimum Gasteiger partial charge on any atom is -0.380 e. The largest absolute Gasteiger partial charge is 0.380 e. The molecule has 0 aliphatic rings. The van der Waals surface area contributed by atoms with Gasteiger partial charge in [0.15, 0.2) is 0 Å². The quantitative estimate of drug-likeness (QED) is 0.607. The molecule has 2 amide bonds. The molecule has 0 fully saturated rings. The monoisotopic (exact) mass is 400 g/mol. The van der Waals surface area contributed by atoms with Crippen LogP contribution in [0.2, 0.25) is 0 Å². The molecule has 5 nitrogen and oxygen atoms in total. The van der Waals surface area contributed by atoms with Gasteiger partial charge in [0.25, 0.3) is 5.91 Å². The molecule has 7 heteroatoms. The number of rotatable bonds is 8. The predicted octanol–water partition coefficient (Wildman–Crippen LogP) is 3.62. The Morgan fingerprint density at radius 1 is 1.07 bits per heavy atom. The number of amides is 2. The van der Waals surface area contributed by atoms with Gasteiger partial charge in [0, 0.05) is 42.3 Å². The van der Waals surface area contributed by atoms with Gasteiger partial charge in [0.2, 0.25) is 5.91 Å². The highest BCUT2D eigenvalue weighted by Crippen LogP contribution is 2.33. The zero-order valence-corrected chi connectivity index (χ0v) is 16.3. The van der Waals surface area contributed by atoms with Crippen LogP contribution in [0.1, 0.15) is 27.2 Å². The van der Waals surface area contributed by atoms with Crippen molar-refractivity contribution >= 4 is 33.2 Å². The molecule has 0 bridgehead atoms. The number of methoxy groups -OCH3 is 1. The van der Waals surface area contributed by atoms with Crippen molar-refractivity contribution < 1.29 is 18.7 Å². The maximum Gasteiger partial charge on any atom is 0.261 e. The average Bonchev–Trinajstić information content (AvgIpc) is 3.07. The summed E-state index contributed by atoms with van der Waals surface area (Å²) in [6, 6.07) is 14.4. The number of fused-ring (bicyclic) bond motifs is 1. The van der Waals surface area contributed by atoms with Gasteiger partial charge in [-0.25, -0.2) is 4.39 Å². The molecule has 2 aromatic carbocycles. The third-order valence-electron chi connectivity index (χ3n) is 4.23. The Bertz CT molecular complexity index is 972. The van der Waals surface area contributed by atoms with E-state index >= 15 is 0 Å². The van der Waals surface area contributed by atoms with Crippen LogP contribution in [0.25, 0.3) is 10.1 Å². The number of benzene rings is 2. The van der Waals surface area contributed by atoms with Gasteiger partial charge >= 0.3 is 0 Å². The summed E-state index contributed by atoms with van der Waals surface area (Å²) in [5.74, 6) is -0.854. The third-order valence-corrected chi connectivity index (χ3v) is 5.42. The zero-order valence-electron chi connectivity index (χ0n) is 15.5. The highest BCUT2D eigenvalue weighted by Gasteiger charge is 2.20. The third kappa shape index (κ3) is 4.74. The van der Waals surface area contributed by atoms with Crippen molar-refractivity contribution in [1.29, 1.82) is 0 Å². The maximum absolute atomic E-state index is 14.2. The zero-order chi connectivity index (χ0) is 19.9. The molecule has 0 unspecified atom stereocenters. The van der Waals surface area contributed by atoms with E-state index in [0.29, 0.717) is 27.1 Å². The summed E-state index contributed by atoms with van der Waals surface area (Å²) < 4.78 is 20.0. The lowest BCUT2D eigenvalue weighted by atomic mass is 10.1. The Kier molecular flexibility index (Phi) is 6.73. The van der Waals surface area contributed by atoms with Gasteiger partial charge in [0.05, 0.1) is 11.5 Å². The van der Waals surface area contributed by atoms with E-state index in [2.05, 4.69) is 10.6 Å². The van der Waals surface area contributed by atoms with Crippen molar-refractivity contribution in [2.75, 3.05) is 13.7 Å². The normalized spacial score (nSPS) is 10.8. The fourth-order valence-electron chi connectivity index (χ4n) is 2.89. The minimum absolute atomic E-state index is 0.140. The number of hydrogen-bond donors (Lipinski definition) is 2. The molecule has 0 atom stereocenters. The van der Waals surface area contributed by atoms with Crippen LogP contribution in [0.15, 0.2) is 48.5 Å². The van der Waals surface area contributed by atoms with Crippen LogP contribution in [-0.4, -0.2) is 25.5 Å². The molecule has 0 spiro atoms. The van der Waals surface area contributed by atoms with E-state index in [4.69, 9.17) is 4.74 Å². The van der Waals surface area contributed by atoms with Gasteiger partial charge in [-0.15, -0.1) is 11.3 Å².